The summed E-state index contributed by atoms with van der Waals surface area (Å²) < 4.78 is 29.6. The third kappa shape index (κ3) is 5.06. The van der Waals surface area contributed by atoms with E-state index < -0.39 is 35.7 Å². The van der Waals surface area contributed by atoms with Crippen LogP contribution in [0.3, 0.4) is 0 Å². The van der Waals surface area contributed by atoms with Crippen molar-refractivity contribution in [1.29, 1.82) is 0 Å². The number of hydrogen-bond donors (Lipinski definition) is 1. The van der Waals surface area contributed by atoms with Crippen molar-refractivity contribution < 1.29 is 23.2 Å². The van der Waals surface area contributed by atoms with E-state index in [4.69, 9.17) is 0 Å². The predicted molar refractivity (Wildman–Crippen MR) is 128 cm³/mol. The number of rotatable bonds is 6. The van der Waals surface area contributed by atoms with Crippen molar-refractivity contribution in [1.82, 2.24) is 15.1 Å². The highest BCUT2D eigenvalue weighted by molar-refractivity contribution is 5.94. The van der Waals surface area contributed by atoms with Crippen LogP contribution < -0.4 is 5.32 Å². The van der Waals surface area contributed by atoms with Crippen molar-refractivity contribution in [3.05, 3.63) is 71.3 Å². The Hall–Kier alpha value is -3.29. The molecule has 4 rings (SSSR count). The quantitative estimate of drug-likeness (QED) is 0.684. The van der Waals surface area contributed by atoms with Crippen LogP contribution in [-0.2, 0) is 14.4 Å². The molecule has 0 radical (unpaired) electrons. The molecule has 2 heterocycles. The van der Waals surface area contributed by atoms with Crippen molar-refractivity contribution in [2.75, 3.05) is 19.6 Å². The second-order valence-electron chi connectivity index (χ2n) is 9.82. The number of benzene rings is 2. The van der Waals surface area contributed by atoms with Crippen LogP contribution in [0, 0.1) is 0 Å². The summed E-state index contributed by atoms with van der Waals surface area (Å²) in [6.07, 6.45) is -1.62. The minimum Gasteiger partial charge on any atom is -0.343 e. The normalized spacial score (nSPS) is 22.0. The molecule has 0 spiro atoms. The summed E-state index contributed by atoms with van der Waals surface area (Å²) in [4.78, 5) is 40.0. The molecule has 2 fully saturated rings. The zero-order chi connectivity index (χ0) is 25.3. The topological polar surface area (TPSA) is 69.7 Å². The van der Waals surface area contributed by atoms with Gasteiger partial charge in [-0.25, -0.2) is 8.78 Å². The van der Waals surface area contributed by atoms with Crippen LogP contribution in [0.4, 0.5) is 8.78 Å². The van der Waals surface area contributed by atoms with Gasteiger partial charge in [0.25, 0.3) is 5.91 Å². The van der Waals surface area contributed by atoms with Gasteiger partial charge in [0.15, 0.2) is 0 Å². The van der Waals surface area contributed by atoms with E-state index in [1.165, 1.54) is 11.8 Å². The van der Waals surface area contributed by atoms with Gasteiger partial charge >= 0.3 is 0 Å². The number of carbonyl (C=O) groups excluding carboxylic acids is 3. The minimum atomic E-state index is -2.29. The summed E-state index contributed by atoms with van der Waals surface area (Å²) in [6.45, 7) is 4.39. The van der Waals surface area contributed by atoms with Gasteiger partial charge in [0.05, 0.1) is 25.7 Å². The van der Waals surface area contributed by atoms with Gasteiger partial charge in [-0.05, 0) is 22.6 Å². The van der Waals surface area contributed by atoms with E-state index in [9.17, 15) is 18.8 Å². The number of amides is 3. The van der Waals surface area contributed by atoms with E-state index in [2.05, 4.69) is 19.2 Å². The first-order valence-electron chi connectivity index (χ1n) is 11.9. The van der Waals surface area contributed by atoms with Crippen molar-refractivity contribution >= 4 is 17.7 Å². The van der Waals surface area contributed by atoms with Gasteiger partial charge in [-0.2, -0.15) is 0 Å². The lowest BCUT2D eigenvalue weighted by Gasteiger charge is -2.44. The second-order valence-corrected chi connectivity index (χ2v) is 9.82. The number of likely N-dealkylation sites (tertiary alicyclic amines) is 2. The minimum absolute atomic E-state index is 0.197. The first-order chi connectivity index (χ1) is 16.6. The molecule has 3 unspecified atom stereocenters. The Morgan fingerprint density at radius 2 is 1.54 bits per heavy atom. The Bertz CT molecular complexity index is 1080. The van der Waals surface area contributed by atoms with Gasteiger partial charge in [-0.1, -0.05) is 68.4 Å². The van der Waals surface area contributed by atoms with Crippen molar-refractivity contribution in [3.8, 4) is 0 Å². The average Bonchev–Trinajstić information content (AvgIpc) is 3.22. The van der Waals surface area contributed by atoms with Crippen LogP contribution >= 0.6 is 0 Å². The molecule has 8 heteroatoms. The van der Waals surface area contributed by atoms with Gasteiger partial charge in [-0.3, -0.25) is 14.4 Å². The zero-order valence-electron chi connectivity index (χ0n) is 20.2. The highest BCUT2D eigenvalue weighted by atomic mass is 19.1. The maximum atomic E-state index is 15.2. The Morgan fingerprint density at radius 3 is 2.11 bits per heavy atom. The van der Waals surface area contributed by atoms with Gasteiger partial charge < -0.3 is 15.1 Å². The van der Waals surface area contributed by atoms with E-state index in [0.717, 1.165) is 21.6 Å². The monoisotopic (exact) mass is 483 g/mol. The highest BCUT2D eigenvalue weighted by Crippen LogP contribution is 2.33. The van der Waals surface area contributed by atoms with E-state index in [1.54, 1.807) is 0 Å². The maximum absolute atomic E-state index is 15.2. The van der Waals surface area contributed by atoms with Crippen molar-refractivity contribution in [2.24, 2.45) is 0 Å². The summed E-state index contributed by atoms with van der Waals surface area (Å²) in [5, 5.41) is 2.97. The average molecular weight is 484 g/mol. The molecule has 2 aromatic carbocycles. The third-order valence-corrected chi connectivity index (χ3v) is 6.88. The largest absolute Gasteiger partial charge is 0.343 e. The van der Waals surface area contributed by atoms with Gasteiger partial charge in [0.2, 0.25) is 17.5 Å². The smallest absolute Gasteiger partial charge is 0.264 e. The Kier molecular flexibility index (Phi) is 6.92. The fraction of sp³-hybridized carbons (Fsp3) is 0.444. The van der Waals surface area contributed by atoms with Crippen LogP contribution in [0.15, 0.2) is 54.6 Å². The van der Waals surface area contributed by atoms with E-state index in [-0.39, 0.29) is 32.0 Å². The maximum Gasteiger partial charge on any atom is 0.264 e. The van der Waals surface area contributed by atoms with Crippen LogP contribution in [-0.4, -0.2) is 65.0 Å². The van der Waals surface area contributed by atoms with Gasteiger partial charge in [0, 0.05) is 13.3 Å². The predicted octanol–water partition coefficient (Wildman–Crippen LogP) is 3.53. The lowest BCUT2D eigenvalue weighted by atomic mass is 9.93. The summed E-state index contributed by atoms with van der Waals surface area (Å²) in [7, 11) is 0. The summed E-state index contributed by atoms with van der Waals surface area (Å²) in [6, 6.07) is 15.6. The SMILES string of the molecule is CC(=O)N1CC(F)(C(=O)N2CC(F)CC2C(=O)NC(c2ccccc2)c2ccc(C(C)C)cc2)C1. The van der Waals surface area contributed by atoms with E-state index in [0.29, 0.717) is 5.92 Å². The third-order valence-electron chi connectivity index (χ3n) is 6.88. The fourth-order valence-electron chi connectivity index (χ4n) is 4.75. The number of nitrogens with zero attached hydrogens (tertiary/aromatic N) is 2. The Balaban J connectivity index is 1.55. The molecule has 1 N–H and O–H groups in total. The van der Waals surface area contributed by atoms with Crippen LogP contribution in [0.2, 0.25) is 0 Å². The number of alkyl halides is 2. The van der Waals surface area contributed by atoms with Crippen molar-refractivity contribution in [3.63, 3.8) is 0 Å². The molecule has 3 amide bonds. The van der Waals surface area contributed by atoms with E-state index in [1.807, 2.05) is 54.6 Å². The molecular formula is C27H31F2N3O3. The first kappa shape index (κ1) is 24.8. The zero-order valence-corrected chi connectivity index (χ0v) is 20.2. The molecule has 0 saturated carbocycles. The number of carbonyl (C=O) groups is 3. The molecule has 0 aliphatic carbocycles. The molecule has 0 bridgehead atoms. The molecule has 2 aliphatic rings. The molecule has 2 saturated heterocycles. The van der Waals surface area contributed by atoms with Crippen LogP contribution in [0.25, 0.3) is 0 Å². The molecule has 2 aliphatic heterocycles. The molecule has 35 heavy (non-hydrogen) atoms. The summed E-state index contributed by atoms with van der Waals surface area (Å²) in [5.41, 5.74) is 0.552. The fourth-order valence-corrected chi connectivity index (χ4v) is 4.75. The van der Waals surface area contributed by atoms with Crippen LogP contribution in [0.5, 0.6) is 0 Å². The van der Waals surface area contributed by atoms with Crippen molar-refractivity contribution in [2.45, 2.75) is 57.0 Å². The number of halogens is 2. The number of hydrogen-bond acceptors (Lipinski definition) is 3. The first-order valence-corrected chi connectivity index (χ1v) is 11.9. The second kappa shape index (κ2) is 9.76. The summed E-state index contributed by atoms with van der Waals surface area (Å²) >= 11 is 0. The highest BCUT2D eigenvalue weighted by Gasteiger charge is 2.56. The van der Waals surface area contributed by atoms with Crippen LogP contribution in [0.1, 0.15) is 55.8 Å². The molecule has 0 aromatic heterocycles. The Labute approximate surface area is 204 Å². The molecule has 186 valence electrons. The molecule has 2 aromatic rings. The molecule has 3 atom stereocenters. The van der Waals surface area contributed by atoms with Gasteiger partial charge in [-0.15, -0.1) is 0 Å². The lowest BCUT2D eigenvalue weighted by molar-refractivity contribution is -0.165. The molecular weight excluding hydrogens is 452 g/mol. The van der Waals surface area contributed by atoms with Gasteiger partial charge in [0.1, 0.15) is 12.2 Å². The summed E-state index contributed by atoms with van der Waals surface area (Å²) in [5.74, 6) is -1.45. The molecule has 6 nitrogen and oxygen atoms in total. The standard InChI is InChI=1S/C27H31F2N3O3/c1-17(2)19-9-11-21(12-10-19)24(20-7-5-4-6-8-20)30-25(34)23-13-22(28)14-32(23)26(35)27(29)15-31(16-27)18(3)33/h4-12,17,22-24H,13-16H2,1-3H3,(H,30,34). The lowest BCUT2D eigenvalue weighted by Crippen LogP contribution is -2.68. The number of nitrogens with one attached hydrogen (secondary N) is 1. The Morgan fingerprint density at radius 1 is 0.971 bits per heavy atom. The van der Waals surface area contributed by atoms with E-state index >= 15 is 4.39 Å².